The van der Waals surface area contributed by atoms with E-state index >= 15 is 0 Å². The fourth-order valence-corrected chi connectivity index (χ4v) is 1.49. The summed E-state index contributed by atoms with van der Waals surface area (Å²) in [7, 11) is 0. The summed E-state index contributed by atoms with van der Waals surface area (Å²) in [6.07, 6.45) is 1.07. The van der Waals surface area contributed by atoms with Crippen LogP contribution in [0.5, 0.6) is 0 Å². The number of ether oxygens (including phenoxy) is 2. The zero-order valence-corrected chi connectivity index (χ0v) is 5.94. The Morgan fingerprint density at radius 3 is 1.89 bits per heavy atom. The molecule has 2 saturated heterocycles. The van der Waals surface area contributed by atoms with E-state index in [-0.39, 0.29) is 11.2 Å². The first-order valence-electron chi connectivity index (χ1n) is 3.40. The molecule has 2 aliphatic rings. The molecular weight excluding hydrogens is 116 g/mol. The molecule has 0 aromatic heterocycles. The molecule has 0 bridgehead atoms. The predicted octanol–water partition coefficient (Wildman–Crippen LogP) is 0.954. The smallest absolute Gasteiger partial charge is 0.118 e. The van der Waals surface area contributed by atoms with Crippen LogP contribution in [0.4, 0.5) is 0 Å². The molecule has 2 heterocycles. The lowest BCUT2D eigenvalue weighted by molar-refractivity contribution is 0.0339. The van der Waals surface area contributed by atoms with Gasteiger partial charge in [-0.3, -0.25) is 0 Å². The molecule has 0 aromatic rings. The van der Waals surface area contributed by atoms with Crippen LogP contribution in [0.1, 0.15) is 20.3 Å². The molecule has 2 aliphatic heterocycles. The largest absolute Gasteiger partial charge is 0.372 e. The maximum absolute atomic E-state index is 5.49. The van der Waals surface area contributed by atoms with E-state index in [0.29, 0.717) is 0 Å². The molecule has 1 atom stereocenters. The van der Waals surface area contributed by atoms with E-state index in [2.05, 4.69) is 13.8 Å². The van der Waals surface area contributed by atoms with Gasteiger partial charge >= 0.3 is 0 Å². The van der Waals surface area contributed by atoms with Gasteiger partial charge in [0.2, 0.25) is 0 Å². The quantitative estimate of drug-likeness (QED) is 0.453. The fraction of sp³-hybridized carbons (Fsp3) is 1.00. The summed E-state index contributed by atoms with van der Waals surface area (Å²) in [4.78, 5) is 0. The van der Waals surface area contributed by atoms with Gasteiger partial charge in [-0.15, -0.1) is 0 Å². The standard InChI is InChI=1S/C7H12O2/c1-6(2)3-7(4-8-6)5-9-7/h3-5H2,1-2H3. The van der Waals surface area contributed by atoms with Crippen LogP contribution in [0.3, 0.4) is 0 Å². The lowest BCUT2D eigenvalue weighted by Crippen LogP contribution is -2.18. The molecule has 2 heteroatoms. The molecule has 0 radical (unpaired) electrons. The van der Waals surface area contributed by atoms with Crippen LogP contribution in [-0.2, 0) is 9.47 Å². The van der Waals surface area contributed by atoms with E-state index in [0.717, 1.165) is 19.6 Å². The van der Waals surface area contributed by atoms with E-state index in [4.69, 9.17) is 9.47 Å². The Balaban J connectivity index is 2.08. The summed E-state index contributed by atoms with van der Waals surface area (Å²) in [5.41, 5.74) is 0.222. The Hall–Kier alpha value is -0.0800. The highest BCUT2D eigenvalue weighted by atomic mass is 16.6. The van der Waals surface area contributed by atoms with Crippen molar-refractivity contribution in [3.63, 3.8) is 0 Å². The SMILES string of the molecule is CC1(C)CC2(CO1)CO2. The summed E-state index contributed by atoms with van der Waals surface area (Å²) in [5, 5.41) is 0. The predicted molar refractivity (Wildman–Crippen MR) is 33.3 cm³/mol. The van der Waals surface area contributed by atoms with E-state index in [1.54, 1.807) is 0 Å². The lowest BCUT2D eigenvalue weighted by Gasteiger charge is -2.14. The van der Waals surface area contributed by atoms with Gasteiger partial charge in [-0.25, -0.2) is 0 Å². The molecule has 0 aliphatic carbocycles. The van der Waals surface area contributed by atoms with Crippen LogP contribution in [0.15, 0.2) is 0 Å². The zero-order valence-electron chi connectivity index (χ0n) is 5.94. The van der Waals surface area contributed by atoms with Crippen LogP contribution in [0, 0.1) is 0 Å². The topological polar surface area (TPSA) is 21.8 Å². The van der Waals surface area contributed by atoms with E-state index in [1.807, 2.05) is 0 Å². The highest BCUT2D eigenvalue weighted by molar-refractivity contribution is 5.02. The van der Waals surface area contributed by atoms with Gasteiger partial charge in [0.05, 0.1) is 18.8 Å². The molecule has 0 saturated carbocycles. The van der Waals surface area contributed by atoms with Gasteiger partial charge in [0.25, 0.3) is 0 Å². The second-order valence-electron chi connectivity index (χ2n) is 3.70. The Kier molecular flexibility index (Phi) is 0.837. The van der Waals surface area contributed by atoms with Crippen LogP contribution >= 0.6 is 0 Å². The van der Waals surface area contributed by atoms with Crippen molar-refractivity contribution in [2.75, 3.05) is 13.2 Å². The molecule has 2 fully saturated rings. The Morgan fingerprint density at radius 2 is 1.67 bits per heavy atom. The maximum atomic E-state index is 5.49. The highest BCUT2D eigenvalue weighted by Crippen LogP contribution is 2.43. The third kappa shape index (κ3) is 0.864. The van der Waals surface area contributed by atoms with Crippen molar-refractivity contribution in [3.05, 3.63) is 0 Å². The van der Waals surface area contributed by atoms with Gasteiger partial charge < -0.3 is 9.47 Å². The van der Waals surface area contributed by atoms with E-state index < -0.39 is 0 Å². The van der Waals surface area contributed by atoms with E-state index in [9.17, 15) is 0 Å². The molecule has 0 N–H and O–H groups in total. The Morgan fingerprint density at radius 1 is 1.11 bits per heavy atom. The lowest BCUT2D eigenvalue weighted by atomic mass is 9.99. The van der Waals surface area contributed by atoms with Crippen molar-refractivity contribution in [1.82, 2.24) is 0 Å². The molecule has 2 rings (SSSR count). The molecule has 1 unspecified atom stereocenters. The van der Waals surface area contributed by atoms with Crippen molar-refractivity contribution in [2.24, 2.45) is 0 Å². The molecule has 1 spiro atoms. The van der Waals surface area contributed by atoms with E-state index in [1.165, 1.54) is 0 Å². The number of hydrogen-bond donors (Lipinski definition) is 0. The minimum Gasteiger partial charge on any atom is -0.372 e. The second kappa shape index (κ2) is 1.32. The third-order valence-corrected chi connectivity index (χ3v) is 2.03. The summed E-state index contributed by atoms with van der Waals surface area (Å²) in [6.45, 7) is 5.95. The number of hydrogen-bond acceptors (Lipinski definition) is 2. The van der Waals surface area contributed by atoms with Gasteiger partial charge in [0, 0.05) is 6.42 Å². The van der Waals surface area contributed by atoms with Crippen molar-refractivity contribution >= 4 is 0 Å². The summed E-state index contributed by atoms with van der Waals surface area (Å²) in [6, 6.07) is 0. The minimum absolute atomic E-state index is 0.0660. The Bertz CT molecular complexity index is 132. The molecule has 52 valence electrons. The fourth-order valence-electron chi connectivity index (χ4n) is 1.49. The highest BCUT2D eigenvalue weighted by Gasteiger charge is 2.54. The van der Waals surface area contributed by atoms with Crippen molar-refractivity contribution in [1.29, 1.82) is 0 Å². The average Bonchev–Trinajstić information content (AvgIpc) is 2.36. The first kappa shape index (κ1) is 5.69. The van der Waals surface area contributed by atoms with Gasteiger partial charge in [-0.1, -0.05) is 0 Å². The molecular formula is C7H12O2. The number of rotatable bonds is 0. The molecule has 2 nitrogen and oxygen atoms in total. The van der Waals surface area contributed by atoms with Crippen LogP contribution in [0.2, 0.25) is 0 Å². The first-order valence-corrected chi connectivity index (χ1v) is 3.40. The monoisotopic (exact) mass is 128 g/mol. The third-order valence-electron chi connectivity index (χ3n) is 2.03. The Labute approximate surface area is 55.1 Å². The van der Waals surface area contributed by atoms with Gasteiger partial charge in [0.15, 0.2) is 0 Å². The zero-order chi connectivity index (χ0) is 6.54. The average molecular weight is 128 g/mol. The van der Waals surface area contributed by atoms with Gasteiger partial charge in [-0.05, 0) is 13.8 Å². The van der Waals surface area contributed by atoms with Crippen LogP contribution < -0.4 is 0 Å². The molecule has 0 aromatic carbocycles. The van der Waals surface area contributed by atoms with Gasteiger partial charge in [0.1, 0.15) is 5.60 Å². The van der Waals surface area contributed by atoms with Crippen molar-refractivity contribution in [3.8, 4) is 0 Å². The minimum atomic E-state index is 0.0660. The summed E-state index contributed by atoms with van der Waals surface area (Å²) >= 11 is 0. The maximum Gasteiger partial charge on any atom is 0.118 e. The van der Waals surface area contributed by atoms with Crippen molar-refractivity contribution in [2.45, 2.75) is 31.5 Å². The van der Waals surface area contributed by atoms with Crippen LogP contribution in [0.25, 0.3) is 0 Å². The number of epoxide rings is 1. The molecule has 9 heavy (non-hydrogen) atoms. The van der Waals surface area contributed by atoms with Crippen molar-refractivity contribution < 1.29 is 9.47 Å². The van der Waals surface area contributed by atoms with Gasteiger partial charge in [-0.2, -0.15) is 0 Å². The second-order valence-corrected chi connectivity index (χ2v) is 3.70. The normalized spacial score (nSPS) is 46.0. The van der Waals surface area contributed by atoms with Crippen LogP contribution in [-0.4, -0.2) is 24.4 Å². The summed E-state index contributed by atoms with van der Waals surface area (Å²) < 4.78 is 10.8. The summed E-state index contributed by atoms with van der Waals surface area (Å²) in [5.74, 6) is 0. The first-order chi connectivity index (χ1) is 4.12. The molecule has 0 amide bonds.